The van der Waals surface area contributed by atoms with Gasteiger partial charge in [0.25, 0.3) is 0 Å². The smallest absolute Gasteiger partial charge is 0.416 e. The standard InChI is InChI=1S/C21H19F3N2O3/c1-14(15-8-6-9-17(11-15)21(22,23)24)26-25-13-16-7-4-5-10-18(16)19(28-2)12-20(27)29-3/h4-13H,1-3H3/b19-12+,25-13+,26-14+. The number of methoxy groups -OCH3 is 2. The first kappa shape index (κ1) is 21.9. The van der Waals surface area contributed by atoms with Gasteiger partial charge >= 0.3 is 12.1 Å². The van der Waals surface area contributed by atoms with Gasteiger partial charge in [0.15, 0.2) is 0 Å². The number of benzene rings is 2. The number of carbonyl (C=O) groups excluding carboxylic acids is 1. The van der Waals surface area contributed by atoms with Crippen molar-refractivity contribution in [2.24, 2.45) is 10.2 Å². The summed E-state index contributed by atoms with van der Waals surface area (Å²) in [6.07, 6.45) is -1.80. The minimum absolute atomic E-state index is 0.275. The number of rotatable bonds is 6. The minimum Gasteiger partial charge on any atom is -0.496 e. The van der Waals surface area contributed by atoms with Crippen molar-refractivity contribution in [1.29, 1.82) is 0 Å². The van der Waals surface area contributed by atoms with Gasteiger partial charge in [-0.05, 0) is 24.6 Å². The van der Waals surface area contributed by atoms with Gasteiger partial charge in [0, 0.05) is 11.1 Å². The van der Waals surface area contributed by atoms with Gasteiger partial charge in [-0.3, -0.25) is 0 Å². The molecular formula is C21H19F3N2O3. The number of ether oxygens (including phenoxy) is 2. The van der Waals surface area contributed by atoms with E-state index in [9.17, 15) is 18.0 Å². The Labute approximate surface area is 166 Å². The van der Waals surface area contributed by atoms with Gasteiger partial charge in [-0.1, -0.05) is 36.4 Å². The zero-order valence-electron chi connectivity index (χ0n) is 16.0. The Morgan fingerprint density at radius 3 is 2.41 bits per heavy atom. The van der Waals surface area contributed by atoms with Crippen LogP contribution in [-0.4, -0.2) is 32.1 Å². The van der Waals surface area contributed by atoms with Crippen molar-refractivity contribution in [3.8, 4) is 0 Å². The molecule has 2 rings (SSSR count). The lowest BCUT2D eigenvalue weighted by Gasteiger charge is -2.09. The molecule has 0 N–H and O–H groups in total. The van der Waals surface area contributed by atoms with Crippen LogP contribution >= 0.6 is 0 Å². The highest BCUT2D eigenvalue weighted by atomic mass is 19.4. The van der Waals surface area contributed by atoms with Crippen LogP contribution in [0.5, 0.6) is 0 Å². The minimum atomic E-state index is -4.43. The summed E-state index contributed by atoms with van der Waals surface area (Å²) in [6.45, 7) is 1.57. The molecule has 5 nitrogen and oxygen atoms in total. The third-order valence-electron chi connectivity index (χ3n) is 3.91. The summed E-state index contributed by atoms with van der Waals surface area (Å²) >= 11 is 0. The molecule has 152 valence electrons. The molecule has 0 saturated carbocycles. The van der Waals surface area contributed by atoms with E-state index in [-0.39, 0.29) is 5.76 Å². The maximum absolute atomic E-state index is 12.9. The predicted molar refractivity (Wildman–Crippen MR) is 105 cm³/mol. The number of hydrogen-bond donors (Lipinski definition) is 0. The fourth-order valence-corrected chi connectivity index (χ4v) is 2.40. The maximum Gasteiger partial charge on any atom is 0.416 e. The van der Waals surface area contributed by atoms with Gasteiger partial charge in [0.2, 0.25) is 0 Å². The van der Waals surface area contributed by atoms with Crippen LogP contribution in [0, 0.1) is 0 Å². The molecule has 0 atom stereocenters. The number of esters is 1. The molecule has 0 aliphatic heterocycles. The maximum atomic E-state index is 12.9. The molecule has 2 aromatic carbocycles. The zero-order valence-corrected chi connectivity index (χ0v) is 16.0. The van der Waals surface area contributed by atoms with Crippen molar-refractivity contribution >= 4 is 23.7 Å². The molecule has 0 bridgehead atoms. The number of carbonyl (C=O) groups is 1. The Morgan fingerprint density at radius 2 is 1.76 bits per heavy atom. The second-order valence-electron chi connectivity index (χ2n) is 5.83. The predicted octanol–water partition coefficient (Wildman–Crippen LogP) is 4.71. The fourth-order valence-electron chi connectivity index (χ4n) is 2.40. The number of alkyl halides is 3. The van der Waals surface area contributed by atoms with E-state index < -0.39 is 17.7 Å². The Kier molecular flexibility index (Phi) is 7.30. The van der Waals surface area contributed by atoms with Crippen molar-refractivity contribution in [2.45, 2.75) is 13.1 Å². The number of hydrogen-bond acceptors (Lipinski definition) is 5. The first-order valence-electron chi connectivity index (χ1n) is 8.44. The fraction of sp³-hybridized carbons (Fsp3) is 0.190. The molecule has 0 aliphatic rings. The van der Waals surface area contributed by atoms with E-state index in [2.05, 4.69) is 14.9 Å². The molecule has 0 heterocycles. The topological polar surface area (TPSA) is 60.2 Å². The van der Waals surface area contributed by atoms with Gasteiger partial charge in [0.05, 0.1) is 37.8 Å². The molecular weight excluding hydrogens is 385 g/mol. The first-order chi connectivity index (χ1) is 13.8. The van der Waals surface area contributed by atoms with Gasteiger partial charge in [0.1, 0.15) is 5.76 Å². The van der Waals surface area contributed by atoms with Crippen LogP contribution in [0.25, 0.3) is 5.76 Å². The molecule has 0 fully saturated rings. The average Bonchev–Trinajstić information content (AvgIpc) is 2.71. The van der Waals surface area contributed by atoms with Crippen LogP contribution in [-0.2, 0) is 20.4 Å². The monoisotopic (exact) mass is 404 g/mol. The molecule has 0 radical (unpaired) electrons. The molecule has 0 spiro atoms. The summed E-state index contributed by atoms with van der Waals surface area (Å²) in [5, 5.41) is 7.95. The highest BCUT2D eigenvalue weighted by molar-refractivity contribution is 5.99. The molecule has 2 aromatic rings. The lowest BCUT2D eigenvalue weighted by molar-refractivity contribution is -0.137. The van der Waals surface area contributed by atoms with Crippen molar-refractivity contribution < 1.29 is 27.4 Å². The molecule has 0 amide bonds. The second kappa shape index (κ2) is 9.68. The molecule has 8 heteroatoms. The Bertz CT molecular complexity index is 964. The Balaban J connectivity index is 2.31. The summed E-state index contributed by atoms with van der Waals surface area (Å²) < 4.78 is 48.4. The second-order valence-corrected chi connectivity index (χ2v) is 5.83. The average molecular weight is 404 g/mol. The van der Waals surface area contributed by atoms with Crippen molar-refractivity contribution in [2.75, 3.05) is 14.2 Å². The molecule has 0 saturated heterocycles. The van der Waals surface area contributed by atoms with E-state index >= 15 is 0 Å². The third kappa shape index (κ3) is 6.03. The highest BCUT2D eigenvalue weighted by Gasteiger charge is 2.30. The summed E-state index contributed by atoms with van der Waals surface area (Å²) in [4.78, 5) is 11.5. The summed E-state index contributed by atoms with van der Waals surface area (Å²) in [7, 11) is 2.67. The highest BCUT2D eigenvalue weighted by Crippen LogP contribution is 2.29. The lowest BCUT2D eigenvalue weighted by Crippen LogP contribution is -2.06. The Morgan fingerprint density at radius 1 is 1.03 bits per heavy atom. The van der Waals surface area contributed by atoms with Crippen LogP contribution < -0.4 is 0 Å². The van der Waals surface area contributed by atoms with Gasteiger partial charge < -0.3 is 9.47 Å². The SMILES string of the molecule is COC(=O)/C=C(/OC)c1ccccc1/C=N/N=C(\C)c1cccc(C(F)(F)F)c1. The molecule has 0 aliphatic carbocycles. The molecule has 29 heavy (non-hydrogen) atoms. The lowest BCUT2D eigenvalue weighted by atomic mass is 10.1. The third-order valence-corrected chi connectivity index (χ3v) is 3.91. The van der Waals surface area contributed by atoms with Gasteiger partial charge in [-0.25, -0.2) is 4.79 Å². The van der Waals surface area contributed by atoms with E-state index in [4.69, 9.17) is 4.74 Å². The van der Waals surface area contributed by atoms with Crippen LogP contribution in [0.2, 0.25) is 0 Å². The molecule has 0 aromatic heterocycles. The van der Waals surface area contributed by atoms with E-state index in [1.54, 1.807) is 31.2 Å². The molecule has 0 unspecified atom stereocenters. The van der Waals surface area contributed by atoms with Crippen LogP contribution in [0.15, 0.2) is 64.8 Å². The van der Waals surface area contributed by atoms with E-state index in [0.717, 1.165) is 12.1 Å². The largest absolute Gasteiger partial charge is 0.496 e. The van der Waals surface area contributed by atoms with Crippen molar-refractivity contribution in [3.05, 3.63) is 76.9 Å². The van der Waals surface area contributed by atoms with Crippen molar-refractivity contribution in [3.63, 3.8) is 0 Å². The van der Waals surface area contributed by atoms with Crippen molar-refractivity contribution in [1.82, 2.24) is 0 Å². The summed E-state index contributed by atoms with van der Waals surface area (Å²) in [5.41, 5.74) is 1.06. The normalized spacial score (nSPS) is 12.9. The van der Waals surface area contributed by atoms with Gasteiger partial charge in [-0.2, -0.15) is 23.4 Å². The van der Waals surface area contributed by atoms with E-state index in [0.29, 0.717) is 22.4 Å². The zero-order chi connectivity index (χ0) is 21.4. The summed E-state index contributed by atoms with van der Waals surface area (Å²) in [5.74, 6) is -0.301. The number of halogens is 3. The van der Waals surface area contributed by atoms with Gasteiger partial charge in [-0.15, -0.1) is 0 Å². The Hall–Kier alpha value is -3.42. The summed E-state index contributed by atoms with van der Waals surface area (Å²) in [6, 6.07) is 11.8. The quantitative estimate of drug-likeness (QED) is 0.230. The first-order valence-corrected chi connectivity index (χ1v) is 8.44. The number of nitrogens with zero attached hydrogens (tertiary/aromatic N) is 2. The van der Waals surface area contributed by atoms with E-state index in [1.165, 1.54) is 38.6 Å². The van der Waals surface area contributed by atoms with Crippen LogP contribution in [0.4, 0.5) is 13.2 Å². The van der Waals surface area contributed by atoms with Crippen LogP contribution in [0.3, 0.4) is 0 Å². The van der Waals surface area contributed by atoms with Crippen LogP contribution in [0.1, 0.15) is 29.2 Å². The van der Waals surface area contributed by atoms with E-state index in [1.807, 2.05) is 0 Å².